The zero-order valence-electron chi connectivity index (χ0n) is 17.2. The molecule has 10 nitrogen and oxygen atoms in total. The molecular weight excluding hydrogens is 410 g/mol. The highest BCUT2D eigenvalue weighted by molar-refractivity contribution is 5.75. The number of nitrogens with zero attached hydrogens (tertiary/aromatic N) is 6. The van der Waals surface area contributed by atoms with Crippen molar-refractivity contribution in [2.75, 3.05) is 31.1 Å². The van der Waals surface area contributed by atoms with Crippen LogP contribution in [0, 0.1) is 10.1 Å². The lowest BCUT2D eigenvalue weighted by Crippen LogP contribution is -2.46. The molecule has 0 spiro atoms. The fourth-order valence-corrected chi connectivity index (χ4v) is 4.04. The lowest BCUT2D eigenvalue weighted by atomic mass is 10.2. The van der Waals surface area contributed by atoms with Crippen molar-refractivity contribution in [1.82, 2.24) is 24.6 Å². The summed E-state index contributed by atoms with van der Waals surface area (Å²) in [5.74, 6) is 0.569. The quantitative estimate of drug-likeness (QED) is 0.381. The predicted molar refractivity (Wildman–Crippen MR) is 120 cm³/mol. The molecule has 0 bridgehead atoms. The Balaban J connectivity index is 1.34. The molecule has 1 saturated heterocycles. The minimum Gasteiger partial charge on any atom is -0.363 e. The topological polar surface area (TPSA) is 113 Å². The van der Waals surface area contributed by atoms with E-state index in [4.69, 9.17) is 0 Å². The summed E-state index contributed by atoms with van der Waals surface area (Å²) in [7, 11) is 0. The van der Waals surface area contributed by atoms with Gasteiger partial charge in [0, 0.05) is 32.2 Å². The second-order valence-electron chi connectivity index (χ2n) is 7.65. The van der Waals surface area contributed by atoms with Gasteiger partial charge in [0.2, 0.25) is 0 Å². The highest BCUT2D eigenvalue weighted by atomic mass is 16.6. The van der Waals surface area contributed by atoms with Crippen LogP contribution in [-0.2, 0) is 6.54 Å². The van der Waals surface area contributed by atoms with Crippen LogP contribution in [-0.4, -0.2) is 55.8 Å². The number of nitro benzene ring substituents is 1. The van der Waals surface area contributed by atoms with E-state index in [2.05, 4.69) is 20.0 Å². The summed E-state index contributed by atoms with van der Waals surface area (Å²) in [5, 5.41) is 16.1. The van der Waals surface area contributed by atoms with Gasteiger partial charge in [-0.2, -0.15) is 5.10 Å². The minimum absolute atomic E-state index is 0.117. The lowest BCUT2D eigenvalue weighted by Gasteiger charge is -2.35. The third-order valence-electron chi connectivity index (χ3n) is 5.65. The molecule has 1 aliphatic rings. The number of fused-ring (bicyclic) bond motifs is 1. The van der Waals surface area contributed by atoms with Crippen molar-refractivity contribution in [3.63, 3.8) is 0 Å². The van der Waals surface area contributed by atoms with Crippen LogP contribution in [0.2, 0.25) is 0 Å². The van der Waals surface area contributed by atoms with Crippen LogP contribution in [0.25, 0.3) is 16.7 Å². The predicted octanol–water partition coefficient (Wildman–Crippen LogP) is 2.34. The smallest absolute Gasteiger partial charge is 0.292 e. The third kappa shape index (κ3) is 3.71. The van der Waals surface area contributed by atoms with E-state index in [0.717, 1.165) is 5.69 Å². The Morgan fingerprint density at radius 2 is 1.72 bits per heavy atom. The van der Waals surface area contributed by atoms with Gasteiger partial charge in [0.05, 0.1) is 23.4 Å². The fraction of sp³-hybridized carbons (Fsp3) is 0.227. The van der Waals surface area contributed by atoms with E-state index in [-0.39, 0.29) is 16.2 Å². The zero-order valence-corrected chi connectivity index (χ0v) is 17.2. The van der Waals surface area contributed by atoms with Gasteiger partial charge in [0.25, 0.3) is 11.2 Å². The number of piperazine rings is 1. The Labute approximate surface area is 182 Å². The molecule has 2 aromatic heterocycles. The Kier molecular flexibility index (Phi) is 5.12. The molecule has 0 atom stereocenters. The highest BCUT2D eigenvalue weighted by Crippen LogP contribution is 2.28. The Morgan fingerprint density at radius 3 is 2.47 bits per heavy atom. The normalized spacial score (nSPS) is 14.7. The standard InChI is InChI=1S/C22H21N7O3/c30-22-17-14-23-28(16-6-2-1-3-7-16)21(17)24-20(25-22)15-26-10-12-27(13-11-26)18-8-4-5-9-19(18)29(31)32/h1-9,14H,10-13,15H2,(H,24,25,30). The van der Waals surface area contributed by atoms with Gasteiger partial charge in [-0.1, -0.05) is 30.3 Å². The van der Waals surface area contributed by atoms with Crippen LogP contribution in [0.15, 0.2) is 65.6 Å². The Morgan fingerprint density at radius 1 is 1.00 bits per heavy atom. The molecule has 2 aromatic carbocycles. The van der Waals surface area contributed by atoms with Gasteiger partial charge in [0.15, 0.2) is 5.65 Å². The molecule has 162 valence electrons. The number of rotatable bonds is 5. The molecule has 32 heavy (non-hydrogen) atoms. The molecule has 3 heterocycles. The summed E-state index contributed by atoms with van der Waals surface area (Å²) in [6.07, 6.45) is 1.53. The van der Waals surface area contributed by atoms with Crippen molar-refractivity contribution in [2.24, 2.45) is 0 Å². The fourth-order valence-electron chi connectivity index (χ4n) is 4.04. The van der Waals surface area contributed by atoms with Crippen LogP contribution in [0.5, 0.6) is 0 Å². The second kappa shape index (κ2) is 8.23. The first-order valence-electron chi connectivity index (χ1n) is 10.3. The van der Waals surface area contributed by atoms with Crippen molar-refractivity contribution in [2.45, 2.75) is 6.54 Å². The summed E-state index contributed by atoms with van der Waals surface area (Å²) < 4.78 is 1.67. The summed E-state index contributed by atoms with van der Waals surface area (Å²) in [4.78, 5) is 35.3. The van der Waals surface area contributed by atoms with Crippen LogP contribution >= 0.6 is 0 Å². The molecule has 1 aliphatic heterocycles. The van der Waals surface area contributed by atoms with Crippen LogP contribution < -0.4 is 10.5 Å². The number of nitrogens with one attached hydrogen (secondary N) is 1. The number of H-pyrrole nitrogens is 1. The maximum absolute atomic E-state index is 12.6. The first kappa shape index (κ1) is 19.9. The van der Waals surface area contributed by atoms with Crippen molar-refractivity contribution in [3.05, 3.63) is 87.1 Å². The molecular formula is C22H21N7O3. The molecule has 10 heteroatoms. The maximum atomic E-state index is 12.6. The molecule has 1 fully saturated rings. The first-order valence-corrected chi connectivity index (χ1v) is 10.3. The highest BCUT2D eigenvalue weighted by Gasteiger charge is 2.24. The number of aromatic amines is 1. The number of para-hydroxylation sites is 3. The van der Waals surface area contributed by atoms with Gasteiger partial charge < -0.3 is 9.88 Å². The van der Waals surface area contributed by atoms with Crippen molar-refractivity contribution in [3.8, 4) is 5.69 Å². The van der Waals surface area contributed by atoms with Crippen LogP contribution in [0.4, 0.5) is 11.4 Å². The minimum atomic E-state index is -0.346. The first-order chi connectivity index (χ1) is 15.6. The molecule has 0 radical (unpaired) electrons. The van der Waals surface area contributed by atoms with Gasteiger partial charge in [-0.3, -0.25) is 19.8 Å². The number of hydrogen-bond acceptors (Lipinski definition) is 7. The lowest BCUT2D eigenvalue weighted by molar-refractivity contribution is -0.384. The van der Waals surface area contributed by atoms with E-state index < -0.39 is 0 Å². The molecule has 1 N–H and O–H groups in total. The van der Waals surface area contributed by atoms with Gasteiger partial charge in [0.1, 0.15) is 16.9 Å². The molecule has 0 aliphatic carbocycles. The van der Waals surface area contributed by atoms with E-state index in [1.807, 2.05) is 41.3 Å². The number of anilines is 1. The monoisotopic (exact) mass is 431 g/mol. The van der Waals surface area contributed by atoms with E-state index in [1.54, 1.807) is 16.8 Å². The van der Waals surface area contributed by atoms with Crippen LogP contribution in [0.3, 0.4) is 0 Å². The average Bonchev–Trinajstić information content (AvgIpc) is 3.25. The second-order valence-corrected chi connectivity index (χ2v) is 7.65. The molecule has 0 unspecified atom stereocenters. The summed E-state index contributed by atoms with van der Waals surface area (Å²) in [6.45, 7) is 3.19. The Bertz CT molecular complexity index is 1320. The number of nitro groups is 1. The Hall–Kier alpha value is -4.05. The third-order valence-corrected chi connectivity index (χ3v) is 5.65. The van der Waals surface area contributed by atoms with E-state index in [9.17, 15) is 14.9 Å². The van der Waals surface area contributed by atoms with Crippen molar-refractivity contribution < 1.29 is 4.92 Å². The summed E-state index contributed by atoms with van der Waals surface area (Å²) in [5.41, 5.74) is 1.90. The summed E-state index contributed by atoms with van der Waals surface area (Å²) in [6, 6.07) is 16.4. The molecule has 5 rings (SSSR count). The van der Waals surface area contributed by atoms with Crippen LogP contribution in [0.1, 0.15) is 5.82 Å². The largest absolute Gasteiger partial charge is 0.363 e. The number of hydrogen-bond donors (Lipinski definition) is 1. The number of benzene rings is 2. The van der Waals surface area contributed by atoms with Gasteiger partial charge in [-0.25, -0.2) is 9.67 Å². The van der Waals surface area contributed by atoms with Crippen molar-refractivity contribution >= 4 is 22.4 Å². The average molecular weight is 431 g/mol. The van der Waals surface area contributed by atoms with E-state index >= 15 is 0 Å². The number of aromatic nitrogens is 4. The molecule has 0 amide bonds. The van der Waals surface area contributed by atoms with E-state index in [0.29, 0.717) is 55.3 Å². The van der Waals surface area contributed by atoms with Gasteiger partial charge in [-0.15, -0.1) is 0 Å². The summed E-state index contributed by atoms with van der Waals surface area (Å²) >= 11 is 0. The molecule has 0 saturated carbocycles. The molecule has 4 aromatic rings. The maximum Gasteiger partial charge on any atom is 0.292 e. The van der Waals surface area contributed by atoms with Gasteiger partial charge in [-0.05, 0) is 18.2 Å². The SMILES string of the molecule is O=c1[nH]c(CN2CCN(c3ccccc3[N+](=O)[O-])CC2)nc2c1cnn2-c1ccccc1. The zero-order chi connectivity index (χ0) is 22.1. The van der Waals surface area contributed by atoms with Gasteiger partial charge >= 0.3 is 0 Å². The van der Waals surface area contributed by atoms with E-state index in [1.165, 1.54) is 12.3 Å². The van der Waals surface area contributed by atoms with Crippen molar-refractivity contribution in [1.29, 1.82) is 0 Å².